The van der Waals surface area contributed by atoms with E-state index in [9.17, 15) is 0 Å². The summed E-state index contributed by atoms with van der Waals surface area (Å²) in [6, 6.07) is 5.85. The van der Waals surface area contributed by atoms with E-state index in [1.54, 1.807) is 27.5 Å². The maximum Gasteiger partial charge on any atom is 0.257 e. The highest BCUT2D eigenvalue weighted by atomic mass is 16.5. The van der Waals surface area contributed by atoms with Crippen LogP contribution in [0.4, 0.5) is 0 Å². The minimum absolute atomic E-state index is 0.460. The van der Waals surface area contributed by atoms with Crippen molar-refractivity contribution in [3.63, 3.8) is 0 Å². The summed E-state index contributed by atoms with van der Waals surface area (Å²) in [5.41, 5.74) is 1.86. The van der Waals surface area contributed by atoms with E-state index in [1.165, 1.54) is 0 Å². The zero-order valence-corrected chi connectivity index (χ0v) is 11.0. The molecular formula is C14H14N2O3. The van der Waals surface area contributed by atoms with Gasteiger partial charge in [0, 0.05) is 0 Å². The monoisotopic (exact) mass is 258 g/mol. The highest BCUT2D eigenvalue weighted by Crippen LogP contribution is 2.41. The van der Waals surface area contributed by atoms with Crippen molar-refractivity contribution < 1.29 is 14.2 Å². The number of nitrogens with one attached hydrogen (secondary N) is 1. The summed E-state index contributed by atoms with van der Waals surface area (Å²) in [6.07, 6.45) is 1.73. The van der Waals surface area contributed by atoms with Gasteiger partial charge in [0.05, 0.1) is 49.3 Å². The second kappa shape index (κ2) is 4.35. The number of hydrogen-bond donors (Lipinski definition) is 1. The Labute approximate surface area is 110 Å². The van der Waals surface area contributed by atoms with Gasteiger partial charge >= 0.3 is 0 Å². The number of aromatic amines is 1. The fourth-order valence-corrected chi connectivity index (χ4v) is 2.36. The van der Waals surface area contributed by atoms with Crippen LogP contribution < -0.4 is 14.2 Å². The Hall–Kier alpha value is -2.43. The molecule has 0 spiro atoms. The minimum Gasteiger partial charge on any atom is -0.496 e. The average molecular weight is 258 g/mol. The molecule has 0 bridgehead atoms. The van der Waals surface area contributed by atoms with Crippen LogP contribution in [0.2, 0.25) is 0 Å². The van der Waals surface area contributed by atoms with Crippen molar-refractivity contribution in [1.82, 2.24) is 9.97 Å². The zero-order chi connectivity index (χ0) is 13.4. The first-order valence-electron chi connectivity index (χ1n) is 5.85. The summed E-state index contributed by atoms with van der Waals surface area (Å²) in [4.78, 5) is 7.53. The number of pyridine rings is 1. The molecule has 19 heavy (non-hydrogen) atoms. The average Bonchev–Trinajstić information content (AvgIpc) is 2.84. The van der Waals surface area contributed by atoms with Crippen molar-refractivity contribution in [1.29, 1.82) is 0 Å². The summed E-state index contributed by atoms with van der Waals surface area (Å²) < 4.78 is 16.1. The molecular weight excluding hydrogens is 244 g/mol. The maximum atomic E-state index is 5.45. The largest absolute Gasteiger partial charge is 0.496 e. The summed E-state index contributed by atoms with van der Waals surface area (Å²) in [6.45, 7) is 0. The molecule has 0 fully saturated rings. The number of nitrogens with zero attached hydrogens (tertiary/aromatic N) is 1. The first-order chi connectivity index (χ1) is 9.30. The van der Waals surface area contributed by atoms with Gasteiger partial charge in [-0.2, -0.15) is 0 Å². The van der Waals surface area contributed by atoms with Crippen molar-refractivity contribution >= 4 is 21.8 Å². The third-order valence-corrected chi connectivity index (χ3v) is 3.16. The lowest BCUT2D eigenvalue weighted by Gasteiger charge is -2.08. The van der Waals surface area contributed by atoms with E-state index >= 15 is 0 Å². The van der Waals surface area contributed by atoms with Gasteiger partial charge in [-0.1, -0.05) is 6.07 Å². The summed E-state index contributed by atoms with van der Waals surface area (Å²) in [7, 11) is 4.83. The molecule has 0 unspecified atom stereocenters. The molecule has 0 aliphatic heterocycles. The van der Waals surface area contributed by atoms with Crippen LogP contribution in [0.15, 0.2) is 24.4 Å². The van der Waals surface area contributed by atoms with Gasteiger partial charge in [-0.15, -0.1) is 0 Å². The molecule has 3 aromatic rings. The lowest BCUT2D eigenvalue weighted by atomic mass is 10.1. The molecule has 2 heterocycles. The molecule has 0 aliphatic rings. The third kappa shape index (κ3) is 1.58. The SMILES string of the molecule is COc1ncc2[nH]c3cccc(OC)c3c2c1OC. The summed E-state index contributed by atoms with van der Waals surface area (Å²) in [5, 5.41) is 1.89. The zero-order valence-electron chi connectivity index (χ0n) is 11.0. The number of methoxy groups -OCH3 is 3. The van der Waals surface area contributed by atoms with E-state index in [0.717, 1.165) is 27.6 Å². The highest BCUT2D eigenvalue weighted by Gasteiger charge is 2.17. The number of ether oxygens (including phenoxy) is 3. The Bertz CT molecular complexity index is 749. The van der Waals surface area contributed by atoms with Crippen molar-refractivity contribution in [2.75, 3.05) is 21.3 Å². The van der Waals surface area contributed by atoms with Gasteiger partial charge < -0.3 is 19.2 Å². The Kier molecular flexibility index (Phi) is 2.67. The van der Waals surface area contributed by atoms with Crippen LogP contribution in [-0.4, -0.2) is 31.3 Å². The van der Waals surface area contributed by atoms with Gasteiger partial charge in [-0.3, -0.25) is 0 Å². The van der Waals surface area contributed by atoms with Gasteiger partial charge in [0.25, 0.3) is 5.88 Å². The van der Waals surface area contributed by atoms with Gasteiger partial charge in [0.15, 0.2) is 5.75 Å². The van der Waals surface area contributed by atoms with Gasteiger partial charge in [-0.25, -0.2) is 4.98 Å². The summed E-state index contributed by atoms with van der Waals surface area (Å²) in [5.74, 6) is 1.85. The molecule has 5 heteroatoms. The standard InChI is InChI=1S/C14H14N2O3/c1-17-10-6-4-5-8-11(10)12-9(16-8)7-15-14(19-3)13(12)18-2/h4-7,16H,1-3H3. The first-order valence-corrected chi connectivity index (χ1v) is 5.85. The Morgan fingerprint density at radius 3 is 2.47 bits per heavy atom. The molecule has 2 aromatic heterocycles. The molecule has 0 radical (unpaired) electrons. The van der Waals surface area contributed by atoms with E-state index in [-0.39, 0.29) is 0 Å². The van der Waals surface area contributed by atoms with Gasteiger partial charge in [0.2, 0.25) is 0 Å². The van der Waals surface area contributed by atoms with E-state index in [4.69, 9.17) is 14.2 Å². The van der Waals surface area contributed by atoms with Crippen LogP contribution in [0.3, 0.4) is 0 Å². The molecule has 1 aromatic carbocycles. The molecule has 98 valence electrons. The fraction of sp³-hybridized carbons (Fsp3) is 0.214. The van der Waals surface area contributed by atoms with Crippen LogP contribution in [0.5, 0.6) is 17.4 Å². The van der Waals surface area contributed by atoms with Crippen LogP contribution in [0.25, 0.3) is 21.8 Å². The van der Waals surface area contributed by atoms with E-state index in [0.29, 0.717) is 11.6 Å². The second-order valence-corrected chi connectivity index (χ2v) is 4.10. The highest BCUT2D eigenvalue weighted by molar-refractivity contribution is 6.13. The molecule has 0 saturated carbocycles. The van der Waals surface area contributed by atoms with Crippen LogP contribution >= 0.6 is 0 Å². The fourth-order valence-electron chi connectivity index (χ4n) is 2.36. The molecule has 0 amide bonds. The lowest BCUT2D eigenvalue weighted by Crippen LogP contribution is -1.94. The number of rotatable bonds is 3. The lowest BCUT2D eigenvalue weighted by molar-refractivity contribution is 0.346. The van der Waals surface area contributed by atoms with Crippen LogP contribution in [-0.2, 0) is 0 Å². The third-order valence-electron chi connectivity index (χ3n) is 3.16. The summed E-state index contributed by atoms with van der Waals surface area (Å²) >= 11 is 0. The molecule has 1 N–H and O–H groups in total. The van der Waals surface area contributed by atoms with E-state index < -0.39 is 0 Å². The molecule has 0 aliphatic carbocycles. The number of fused-ring (bicyclic) bond motifs is 3. The van der Waals surface area contributed by atoms with E-state index in [2.05, 4.69) is 9.97 Å². The van der Waals surface area contributed by atoms with Crippen LogP contribution in [0.1, 0.15) is 0 Å². The van der Waals surface area contributed by atoms with Crippen LogP contribution in [0, 0.1) is 0 Å². The maximum absolute atomic E-state index is 5.45. The normalized spacial score (nSPS) is 10.9. The molecule has 0 atom stereocenters. The van der Waals surface area contributed by atoms with Crippen molar-refractivity contribution in [3.05, 3.63) is 24.4 Å². The van der Waals surface area contributed by atoms with E-state index in [1.807, 2.05) is 18.2 Å². The topological polar surface area (TPSA) is 56.4 Å². The Balaban J connectivity index is 2.52. The van der Waals surface area contributed by atoms with Crippen molar-refractivity contribution in [2.45, 2.75) is 0 Å². The molecule has 3 rings (SSSR count). The Morgan fingerprint density at radius 1 is 0.947 bits per heavy atom. The van der Waals surface area contributed by atoms with Crippen molar-refractivity contribution in [3.8, 4) is 17.4 Å². The molecule has 5 nitrogen and oxygen atoms in total. The Morgan fingerprint density at radius 2 is 1.79 bits per heavy atom. The number of hydrogen-bond acceptors (Lipinski definition) is 4. The second-order valence-electron chi connectivity index (χ2n) is 4.10. The molecule has 0 saturated heterocycles. The smallest absolute Gasteiger partial charge is 0.257 e. The number of aromatic nitrogens is 2. The quantitative estimate of drug-likeness (QED) is 0.784. The predicted octanol–water partition coefficient (Wildman–Crippen LogP) is 2.74. The predicted molar refractivity (Wildman–Crippen MR) is 73.3 cm³/mol. The van der Waals surface area contributed by atoms with Gasteiger partial charge in [0.1, 0.15) is 5.75 Å². The first kappa shape index (κ1) is 11.6. The number of benzene rings is 1. The number of H-pyrrole nitrogens is 1. The van der Waals surface area contributed by atoms with Crippen molar-refractivity contribution in [2.24, 2.45) is 0 Å². The minimum atomic E-state index is 0.460. The van der Waals surface area contributed by atoms with Gasteiger partial charge in [-0.05, 0) is 12.1 Å².